The molecule has 1 atom stereocenters. The van der Waals surface area contributed by atoms with Gasteiger partial charge in [-0.05, 0) is 0 Å². The second kappa shape index (κ2) is 6.06. The van der Waals surface area contributed by atoms with Crippen LogP contribution >= 0.6 is 7.92 Å². The predicted molar refractivity (Wildman–Crippen MR) is 85.8 cm³/mol. The van der Waals surface area contributed by atoms with Crippen molar-refractivity contribution in [2.24, 2.45) is 0 Å². The van der Waals surface area contributed by atoms with Crippen LogP contribution in [0.5, 0.6) is 0 Å². The molecule has 0 spiro atoms. The number of hydrogen-bond donors (Lipinski definition) is 0. The third-order valence-corrected chi connectivity index (χ3v) is 12.4. The Bertz CT molecular complexity index is 332. The van der Waals surface area contributed by atoms with Gasteiger partial charge >= 0.3 is 113 Å². The Labute approximate surface area is 113 Å². The Morgan fingerprint density at radius 3 is 1.94 bits per heavy atom. The van der Waals surface area contributed by atoms with Gasteiger partial charge < -0.3 is 0 Å². The maximum absolute atomic E-state index is 2.55. The molecule has 17 heavy (non-hydrogen) atoms. The van der Waals surface area contributed by atoms with E-state index in [4.69, 9.17) is 0 Å². The fourth-order valence-electron chi connectivity index (χ4n) is 1.91. The van der Waals surface area contributed by atoms with Crippen LogP contribution in [0, 0.1) is 0 Å². The minimum atomic E-state index is -1.61. The van der Waals surface area contributed by atoms with Crippen LogP contribution in [-0.2, 0) is 0 Å². The molecule has 1 aromatic carbocycles. The van der Waals surface area contributed by atoms with Crippen LogP contribution in [0.1, 0.15) is 20.8 Å². The summed E-state index contributed by atoms with van der Waals surface area (Å²) in [6.45, 7) is 7.22. The molecule has 0 radical (unpaired) electrons. The zero-order valence-electron chi connectivity index (χ0n) is 12.2. The molecule has 1 unspecified atom stereocenters. The number of rotatable bonds is 4. The van der Waals surface area contributed by atoms with E-state index in [-0.39, 0.29) is 7.92 Å². The molecule has 0 aromatic heterocycles. The summed E-state index contributed by atoms with van der Waals surface area (Å²) >= 11 is -1.61. The molecule has 0 fully saturated rings. The normalized spacial score (nSPS) is 14.7. The molecule has 0 saturated carbocycles. The summed E-state index contributed by atoms with van der Waals surface area (Å²) in [6.07, 6.45) is 1.43. The predicted octanol–water partition coefficient (Wildman–Crippen LogP) is 4.93. The van der Waals surface area contributed by atoms with Crippen molar-refractivity contribution in [3.05, 3.63) is 30.3 Å². The maximum atomic E-state index is 2.55. The third kappa shape index (κ3) is 5.74. The Morgan fingerprint density at radius 1 is 1.00 bits per heavy atom. The molecule has 0 heterocycles. The van der Waals surface area contributed by atoms with Crippen molar-refractivity contribution in [3.8, 4) is 0 Å². The second-order valence-corrected chi connectivity index (χ2v) is 26.2. The van der Waals surface area contributed by atoms with E-state index in [1.165, 1.54) is 10.6 Å². The van der Waals surface area contributed by atoms with Gasteiger partial charge in [0, 0.05) is 0 Å². The summed E-state index contributed by atoms with van der Waals surface area (Å²) < 4.78 is 1.52. The molecule has 0 nitrogen and oxygen atoms in total. The first kappa shape index (κ1) is 15.5. The molecule has 1 rings (SSSR count). The molecule has 0 bridgehead atoms. The van der Waals surface area contributed by atoms with Crippen LogP contribution in [0.2, 0.25) is 19.3 Å². The molecule has 0 saturated heterocycles. The van der Waals surface area contributed by atoms with E-state index in [9.17, 15) is 0 Å². The molecule has 1 aromatic rings. The fourth-order valence-corrected chi connectivity index (χ4v) is 12.7. The Morgan fingerprint density at radius 2 is 1.53 bits per heavy atom. The van der Waals surface area contributed by atoms with E-state index in [1.54, 1.807) is 5.30 Å². The SMILES string of the molecule is CC(C)(C)P(C[CH2][Sn]([CH3])([CH3])[CH3])c1ccccc1. The summed E-state index contributed by atoms with van der Waals surface area (Å²) in [4.78, 5) is 7.65. The first-order valence-electron chi connectivity index (χ1n) is 6.53. The van der Waals surface area contributed by atoms with Crippen molar-refractivity contribution in [2.45, 2.75) is 45.2 Å². The average Bonchev–Trinajstić information content (AvgIpc) is 2.15. The van der Waals surface area contributed by atoms with Gasteiger partial charge in [-0.1, -0.05) is 0 Å². The monoisotopic (exact) mass is 358 g/mol. The summed E-state index contributed by atoms with van der Waals surface area (Å²) in [5.41, 5.74) is 0. The van der Waals surface area contributed by atoms with Crippen LogP contribution < -0.4 is 5.30 Å². The zero-order valence-corrected chi connectivity index (χ0v) is 16.0. The van der Waals surface area contributed by atoms with Gasteiger partial charge in [0.15, 0.2) is 0 Å². The van der Waals surface area contributed by atoms with Crippen molar-refractivity contribution in [1.29, 1.82) is 0 Å². The second-order valence-electron chi connectivity index (χ2n) is 6.97. The number of benzene rings is 1. The van der Waals surface area contributed by atoms with E-state index in [2.05, 4.69) is 65.9 Å². The first-order chi connectivity index (χ1) is 7.70. The molecule has 0 N–H and O–H groups in total. The van der Waals surface area contributed by atoms with E-state index in [0.717, 1.165) is 0 Å². The molecule has 96 valence electrons. The molecule has 0 aliphatic carbocycles. The summed E-state index contributed by atoms with van der Waals surface area (Å²) in [6, 6.07) is 11.2. The van der Waals surface area contributed by atoms with Gasteiger partial charge in [-0.2, -0.15) is 0 Å². The summed E-state index contributed by atoms with van der Waals surface area (Å²) in [7, 11) is -0.00865. The van der Waals surface area contributed by atoms with Gasteiger partial charge in [0.1, 0.15) is 0 Å². The van der Waals surface area contributed by atoms with Crippen LogP contribution in [0.15, 0.2) is 30.3 Å². The zero-order chi connectivity index (χ0) is 13.1. The van der Waals surface area contributed by atoms with Gasteiger partial charge in [0.2, 0.25) is 0 Å². The van der Waals surface area contributed by atoms with E-state index in [1.807, 2.05) is 0 Å². The molecule has 0 aliphatic rings. The Balaban J connectivity index is 2.83. The Kier molecular flexibility index (Phi) is 5.53. The number of hydrogen-bond acceptors (Lipinski definition) is 0. The van der Waals surface area contributed by atoms with E-state index >= 15 is 0 Å². The molecular formula is C15H27PSn. The van der Waals surface area contributed by atoms with Gasteiger partial charge in [-0.3, -0.25) is 0 Å². The van der Waals surface area contributed by atoms with Crippen molar-refractivity contribution in [2.75, 3.05) is 6.16 Å². The van der Waals surface area contributed by atoms with Crippen LogP contribution in [0.3, 0.4) is 0 Å². The van der Waals surface area contributed by atoms with Crippen LogP contribution in [-0.4, -0.2) is 29.7 Å². The quantitative estimate of drug-likeness (QED) is 0.530. The summed E-state index contributed by atoms with van der Waals surface area (Å²) in [5.74, 6) is 0. The fraction of sp³-hybridized carbons (Fsp3) is 0.600. The summed E-state index contributed by atoms with van der Waals surface area (Å²) in [5, 5.41) is 2.03. The van der Waals surface area contributed by atoms with Crippen LogP contribution in [0.4, 0.5) is 0 Å². The van der Waals surface area contributed by atoms with Crippen molar-refractivity contribution < 1.29 is 0 Å². The topological polar surface area (TPSA) is 0 Å². The van der Waals surface area contributed by atoms with Crippen LogP contribution in [0.25, 0.3) is 0 Å². The molecule has 0 aliphatic heterocycles. The average molecular weight is 357 g/mol. The van der Waals surface area contributed by atoms with Crippen molar-refractivity contribution in [1.82, 2.24) is 0 Å². The minimum absolute atomic E-state index is 0.00865. The van der Waals surface area contributed by atoms with Crippen molar-refractivity contribution >= 4 is 31.6 Å². The first-order valence-corrected chi connectivity index (χ1v) is 18.6. The van der Waals surface area contributed by atoms with Gasteiger partial charge in [-0.25, -0.2) is 0 Å². The van der Waals surface area contributed by atoms with Gasteiger partial charge in [0.05, 0.1) is 0 Å². The third-order valence-electron chi connectivity index (χ3n) is 2.96. The standard InChI is InChI=1S/C12H18P.3CH3.Sn/c1-5-13(12(2,3)4)11-9-7-6-8-10-11;;;;/h6-10H,1,5H2,2-4H3;3*1H3;. The molecular weight excluding hydrogens is 330 g/mol. The van der Waals surface area contributed by atoms with Crippen molar-refractivity contribution in [3.63, 3.8) is 0 Å². The van der Waals surface area contributed by atoms with E-state index < -0.39 is 18.4 Å². The van der Waals surface area contributed by atoms with E-state index in [0.29, 0.717) is 5.16 Å². The van der Waals surface area contributed by atoms with Gasteiger partial charge in [-0.15, -0.1) is 0 Å². The Hall–Kier alpha value is 0.449. The molecule has 2 heteroatoms. The molecule has 0 amide bonds. The van der Waals surface area contributed by atoms with Gasteiger partial charge in [0.25, 0.3) is 0 Å².